The largest absolute Gasteiger partial charge is 0.418 e. The number of H-pyrrole nitrogens is 1. The SMILES string of the molecule is C=Nc1[nH]nc(Oc2cc(C(F)(F)F)ccn2)c1C(N)=NC. The first-order valence-corrected chi connectivity index (χ1v) is 5.85. The fourth-order valence-corrected chi connectivity index (χ4v) is 1.59. The van der Waals surface area contributed by atoms with Gasteiger partial charge in [0.25, 0.3) is 5.88 Å². The van der Waals surface area contributed by atoms with E-state index in [2.05, 4.69) is 31.9 Å². The number of nitrogens with zero attached hydrogens (tertiary/aromatic N) is 4. The van der Waals surface area contributed by atoms with E-state index in [0.717, 1.165) is 18.3 Å². The van der Waals surface area contributed by atoms with E-state index >= 15 is 0 Å². The van der Waals surface area contributed by atoms with Crippen LogP contribution < -0.4 is 10.5 Å². The Morgan fingerprint density at radius 1 is 1.45 bits per heavy atom. The Morgan fingerprint density at radius 3 is 2.77 bits per heavy atom. The molecule has 2 aromatic heterocycles. The maximum absolute atomic E-state index is 12.7. The second-order valence-corrected chi connectivity index (χ2v) is 4.00. The molecule has 7 nitrogen and oxygen atoms in total. The first-order chi connectivity index (χ1) is 10.4. The standard InChI is InChI=1S/C12H11F3N6O/c1-17-9(16)8-10(18-2)20-21-11(8)22-7-5-6(3-4-19-7)12(13,14)15/h3-5H,2H2,1H3,(H2,16,17)(H,20,21). The summed E-state index contributed by atoms with van der Waals surface area (Å²) in [5.41, 5.74) is 4.99. The summed E-state index contributed by atoms with van der Waals surface area (Å²) in [7, 11) is 1.43. The number of aromatic amines is 1. The number of alkyl halides is 3. The number of hydrogen-bond acceptors (Lipinski definition) is 5. The average molecular weight is 312 g/mol. The molecule has 0 aliphatic carbocycles. The third-order valence-electron chi connectivity index (χ3n) is 2.63. The topological polar surface area (TPSA) is 102 Å². The van der Waals surface area contributed by atoms with Crippen LogP contribution in [0.15, 0.2) is 28.3 Å². The Bertz CT molecular complexity index is 722. The molecule has 0 fully saturated rings. The third-order valence-corrected chi connectivity index (χ3v) is 2.63. The van der Waals surface area contributed by atoms with E-state index in [9.17, 15) is 13.2 Å². The summed E-state index contributed by atoms with van der Waals surface area (Å²) in [6.45, 7) is 3.32. The van der Waals surface area contributed by atoms with E-state index in [0.29, 0.717) is 0 Å². The van der Waals surface area contributed by atoms with Crippen molar-refractivity contribution in [3.63, 3.8) is 0 Å². The van der Waals surface area contributed by atoms with Crippen molar-refractivity contribution in [2.45, 2.75) is 6.18 Å². The zero-order valence-electron chi connectivity index (χ0n) is 11.3. The zero-order chi connectivity index (χ0) is 16.3. The number of aliphatic imine (C=N–C) groups is 2. The van der Waals surface area contributed by atoms with Crippen LogP contribution in [0.3, 0.4) is 0 Å². The van der Waals surface area contributed by atoms with E-state index in [-0.39, 0.29) is 29.0 Å². The number of amidine groups is 1. The Labute approximate surface area is 122 Å². The van der Waals surface area contributed by atoms with Crippen molar-refractivity contribution in [3.05, 3.63) is 29.5 Å². The van der Waals surface area contributed by atoms with Crippen LogP contribution in [0.25, 0.3) is 0 Å². The van der Waals surface area contributed by atoms with Crippen molar-refractivity contribution >= 4 is 18.4 Å². The molecule has 3 N–H and O–H groups in total. The maximum Gasteiger partial charge on any atom is 0.416 e. The number of pyridine rings is 1. The Hall–Kier alpha value is -2.91. The van der Waals surface area contributed by atoms with Crippen LogP contribution in [0.2, 0.25) is 0 Å². The van der Waals surface area contributed by atoms with E-state index in [1.165, 1.54) is 7.05 Å². The second kappa shape index (κ2) is 5.84. The number of nitrogens with one attached hydrogen (secondary N) is 1. The minimum Gasteiger partial charge on any atom is -0.418 e. The molecule has 2 aromatic rings. The van der Waals surface area contributed by atoms with Gasteiger partial charge in [0.05, 0.1) is 5.56 Å². The summed E-state index contributed by atoms with van der Waals surface area (Å²) < 4.78 is 43.2. The van der Waals surface area contributed by atoms with Crippen LogP contribution >= 0.6 is 0 Å². The van der Waals surface area contributed by atoms with Gasteiger partial charge in [-0.25, -0.2) is 9.98 Å². The van der Waals surface area contributed by atoms with E-state index in [1.54, 1.807) is 0 Å². The molecule has 0 amide bonds. The molecule has 116 valence electrons. The molecule has 0 aromatic carbocycles. The molecule has 2 rings (SSSR count). The van der Waals surface area contributed by atoms with Gasteiger partial charge >= 0.3 is 6.18 Å². The molecule has 10 heteroatoms. The smallest absolute Gasteiger partial charge is 0.416 e. The van der Waals surface area contributed by atoms with Gasteiger partial charge in [-0.3, -0.25) is 10.1 Å². The number of aromatic nitrogens is 3. The van der Waals surface area contributed by atoms with Crippen LogP contribution in [0.1, 0.15) is 11.1 Å². The van der Waals surface area contributed by atoms with Gasteiger partial charge in [-0.1, -0.05) is 0 Å². The highest BCUT2D eigenvalue weighted by atomic mass is 19.4. The fraction of sp³-hybridized carbons (Fsp3) is 0.167. The van der Waals surface area contributed by atoms with E-state index in [1.807, 2.05) is 0 Å². The summed E-state index contributed by atoms with van der Waals surface area (Å²) in [6, 6.07) is 1.58. The molecule has 0 saturated carbocycles. The normalized spacial score (nSPS) is 12.3. The van der Waals surface area contributed by atoms with Gasteiger partial charge in [0, 0.05) is 19.3 Å². The molecule has 0 aliphatic heterocycles. The van der Waals surface area contributed by atoms with Gasteiger partial charge in [0.1, 0.15) is 11.4 Å². The monoisotopic (exact) mass is 312 g/mol. The molecule has 0 bridgehead atoms. The molecule has 0 atom stereocenters. The fourth-order valence-electron chi connectivity index (χ4n) is 1.59. The van der Waals surface area contributed by atoms with Gasteiger partial charge in [0.15, 0.2) is 5.82 Å². The molecule has 0 radical (unpaired) electrons. The summed E-state index contributed by atoms with van der Waals surface area (Å²) in [4.78, 5) is 11.1. The number of rotatable bonds is 4. The minimum atomic E-state index is -4.51. The van der Waals surface area contributed by atoms with Crippen molar-refractivity contribution in [2.24, 2.45) is 15.7 Å². The number of halogens is 3. The predicted molar refractivity (Wildman–Crippen MR) is 73.8 cm³/mol. The lowest BCUT2D eigenvalue weighted by molar-refractivity contribution is -0.137. The third kappa shape index (κ3) is 3.05. The lowest BCUT2D eigenvalue weighted by Crippen LogP contribution is -2.13. The molecular formula is C12H11F3N6O. The minimum absolute atomic E-state index is 0.0399. The van der Waals surface area contributed by atoms with Crippen LogP contribution in [0, 0.1) is 0 Å². The first kappa shape index (κ1) is 15.5. The Balaban J connectivity index is 2.40. The van der Waals surface area contributed by atoms with Gasteiger partial charge in [-0.15, -0.1) is 5.10 Å². The highest BCUT2D eigenvalue weighted by molar-refractivity contribution is 6.03. The van der Waals surface area contributed by atoms with E-state index < -0.39 is 11.7 Å². The van der Waals surface area contributed by atoms with Crippen molar-refractivity contribution in [1.29, 1.82) is 0 Å². The van der Waals surface area contributed by atoms with Crippen molar-refractivity contribution in [2.75, 3.05) is 7.05 Å². The number of nitrogens with two attached hydrogens (primary N) is 1. The average Bonchev–Trinajstić information content (AvgIpc) is 2.88. The Morgan fingerprint density at radius 2 is 2.18 bits per heavy atom. The van der Waals surface area contributed by atoms with Crippen molar-refractivity contribution < 1.29 is 17.9 Å². The van der Waals surface area contributed by atoms with Gasteiger partial charge in [-0.2, -0.15) is 13.2 Å². The summed E-state index contributed by atoms with van der Waals surface area (Å²) in [5, 5.41) is 6.27. The summed E-state index contributed by atoms with van der Waals surface area (Å²) >= 11 is 0. The molecular weight excluding hydrogens is 301 g/mol. The van der Waals surface area contributed by atoms with Crippen molar-refractivity contribution in [1.82, 2.24) is 15.2 Å². The molecule has 0 unspecified atom stereocenters. The molecule has 0 spiro atoms. The molecule has 2 heterocycles. The van der Waals surface area contributed by atoms with Crippen molar-refractivity contribution in [3.8, 4) is 11.8 Å². The van der Waals surface area contributed by atoms with Gasteiger partial charge in [-0.05, 0) is 12.8 Å². The van der Waals surface area contributed by atoms with Gasteiger partial charge < -0.3 is 10.5 Å². The predicted octanol–water partition coefficient (Wildman–Crippen LogP) is 2.28. The maximum atomic E-state index is 12.7. The second-order valence-electron chi connectivity index (χ2n) is 4.00. The van der Waals surface area contributed by atoms with Gasteiger partial charge in [0.2, 0.25) is 5.88 Å². The van der Waals surface area contributed by atoms with E-state index in [4.69, 9.17) is 10.5 Å². The molecule has 0 saturated heterocycles. The lowest BCUT2D eigenvalue weighted by atomic mass is 10.2. The van der Waals surface area contributed by atoms with Crippen LogP contribution in [-0.4, -0.2) is 34.8 Å². The number of hydrogen-bond donors (Lipinski definition) is 2. The van der Waals surface area contributed by atoms with Crippen LogP contribution in [0.5, 0.6) is 11.8 Å². The quantitative estimate of drug-likeness (QED) is 0.668. The number of ether oxygens (including phenoxy) is 1. The first-order valence-electron chi connectivity index (χ1n) is 5.85. The highest BCUT2D eigenvalue weighted by Gasteiger charge is 2.31. The molecule has 22 heavy (non-hydrogen) atoms. The van der Waals surface area contributed by atoms with Crippen LogP contribution in [-0.2, 0) is 6.18 Å². The Kier molecular flexibility index (Phi) is 4.11. The molecule has 0 aliphatic rings. The highest BCUT2D eigenvalue weighted by Crippen LogP contribution is 2.33. The lowest BCUT2D eigenvalue weighted by Gasteiger charge is -2.08. The zero-order valence-corrected chi connectivity index (χ0v) is 11.3. The van der Waals surface area contributed by atoms with Crippen LogP contribution in [0.4, 0.5) is 19.0 Å². The summed E-state index contributed by atoms with van der Waals surface area (Å²) in [5.74, 6) is -0.164. The summed E-state index contributed by atoms with van der Waals surface area (Å²) in [6.07, 6.45) is -3.53.